The summed E-state index contributed by atoms with van der Waals surface area (Å²) >= 11 is 0. The third kappa shape index (κ3) is 5.57. The van der Waals surface area contributed by atoms with E-state index >= 15 is 0 Å². The fourth-order valence-electron chi connectivity index (χ4n) is 2.66. The first-order chi connectivity index (χ1) is 12.9. The van der Waals surface area contributed by atoms with Gasteiger partial charge in [-0.15, -0.1) is 0 Å². The van der Waals surface area contributed by atoms with Gasteiger partial charge in [0.15, 0.2) is 18.1 Å². The summed E-state index contributed by atoms with van der Waals surface area (Å²) in [7, 11) is -10.5. The Kier molecular flexibility index (Phi) is 7.56. The number of phosphoric ester groups is 1. The first-order valence-electron chi connectivity index (χ1n) is 7.43. The van der Waals surface area contributed by atoms with Gasteiger partial charge in [-0.05, 0) is 0 Å². The number of ether oxygens (including phenoxy) is 1. The molecule has 0 bridgehead atoms. The molecule has 3 heterocycles. The van der Waals surface area contributed by atoms with E-state index in [1.165, 1.54) is 0 Å². The number of carbonyl (C=O) groups is 1. The predicted octanol–water partition coefficient (Wildman–Crippen LogP) is -3.55. The standard InChI is InChI=1S/C10H15N5O11P2.Na/c11-10-13-7-4(8(18)14-10)12-2-15(7)9-6(17)5(16)3(25-9)1-24-28(22,23)26-27(19,20)21;/h2-6,9,16-17H,1H2,(H,22,23)(H2,11,14,18)(H2,19,20,21);/t3-,4?,5-,6-,9-;/m1./s1. The molecule has 2 unspecified atom stereocenters. The number of aliphatic imine (C=N–C) groups is 2. The maximum atomic E-state index is 11.8. The van der Waals surface area contributed by atoms with Crippen molar-refractivity contribution in [3.63, 3.8) is 0 Å². The van der Waals surface area contributed by atoms with Crippen LogP contribution in [0.2, 0.25) is 0 Å². The van der Waals surface area contributed by atoms with Crippen molar-refractivity contribution < 1.29 is 52.4 Å². The van der Waals surface area contributed by atoms with Crippen LogP contribution in [0.25, 0.3) is 0 Å². The zero-order chi connectivity index (χ0) is 20.9. The van der Waals surface area contributed by atoms with E-state index in [1.807, 2.05) is 0 Å². The van der Waals surface area contributed by atoms with Gasteiger partial charge in [-0.1, -0.05) is 0 Å². The number of amidine groups is 1. The number of carbonyl (C=O) groups excluding carboxylic acids is 1. The summed E-state index contributed by atoms with van der Waals surface area (Å²) in [5.74, 6) is -1.13. The van der Waals surface area contributed by atoms with Gasteiger partial charge in [-0.3, -0.25) is 29.9 Å². The summed E-state index contributed by atoms with van der Waals surface area (Å²) in [6.07, 6.45) is -4.90. The monoisotopic (exact) mass is 466 g/mol. The Hall–Kier alpha value is -0.580. The van der Waals surface area contributed by atoms with Gasteiger partial charge in [0.05, 0.1) is 12.9 Å². The van der Waals surface area contributed by atoms with Crippen molar-refractivity contribution in [2.75, 3.05) is 6.61 Å². The molecule has 3 aliphatic heterocycles. The molecule has 16 nitrogen and oxygen atoms in total. The Balaban J connectivity index is 0.00000300. The van der Waals surface area contributed by atoms with E-state index in [1.54, 1.807) is 0 Å². The summed E-state index contributed by atoms with van der Waals surface area (Å²) in [4.78, 5) is 46.9. The van der Waals surface area contributed by atoms with Crippen LogP contribution >= 0.6 is 15.6 Å². The zero-order valence-corrected chi connectivity index (χ0v) is 18.4. The van der Waals surface area contributed by atoms with Gasteiger partial charge in [0, 0.05) is 29.6 Å². The largest absolute Gasteiger partial charge is 0.481 e. The van der Waals surface area contributed by atoms with Crippen LogP contribution in [0.5, 0.6) is 0 Å². The van der Waals surface area contributed by atoms with Crippen molar-refractivity contribution in [1.82, 2.24) is 10.2 Å². The normalized spacial score (nSPS) is 33.6. The Morgan fingerprint density at radius 2 is 1.93 bits per heavy atom. The molecule has 1 fully saturated rings. The van der Waals surface area contributed by atoms with Gasteiger partial charge in [0.1, 0.15) is 18.3 Å². The van der Waals surface area contributed by atoms with Crippen molar-refractivity contribution in [1.29, 1.82) is 5.41 Å². The van der Waals surface area contributed by atoms with Crippen molar-refractivity contribution >= 4 is 69.2 Å². The Morgan fingerprint density at radius 1 is 1.28 bits per heavy atom. The van der Waals surface area contributed by atoms with Crippen LogP contribution in [0.15, 0.2) is 9.98 Å². The van der Waals surface area contributed by atoms with Crippen LogP contribution in [0.4, 0.5) is 0 Å². The second-order valence-corrected chi connectivity index (χ2v) is 8.59. The SMILES string of the molecule is N=C1N=C2C(N=CN2[C@@H]2O[C@H](COP(=O)(O)OP(=O)(O)O)[C@@H](O)[C@H]2O)C(=O)N1.[Na]. The molecule has 0 aromatic rings. The number of nitrogens with zero attached hydrogens (tertiary/aromatic N) is 3. The quantitative estimate of drug-likeness (QED) is 0.149. The summed E-state index contributed by atoms with van der Waals surface area (Å²) in [5.41, 5.74) is 0. The van der Waals surface area contributed by atoms with Gasteiger partial charge < -0.3 is 29.6 Å². The molecule has 29 heavy (non-hydrogen) atoms. The van der Waals surface area contributed by atoms with Crippen LogP contribution in [0.1, 0.15) is 0 Å². The van der Waals surface area contributed by atoms with Crippen molar-refractivity contribution in [2.24, 2.45) is 9.98 Å². The molecule has 19 heteroatoms. The summed E-state index contributed by atoms with van der Waals surface area (Å²) in [5, 5.41) is 29.9. The van der Waals surface area contributed by atoms with Crippen LogP contribution in [-0.4, -0.2) is 121 Å². The van der Waals surface area contributed by atoms with E-state index in [2.05, 4.69) is 24.1 Å². The minimum atomic E-state index is -5.32. The molecule has 7 N–H and O–H groups in total. The minimum Gasteiger partial charge on any atom is -0.387 e. The molecule has 3 rings (SSSR count). The van der Waals surface area contributed by atoms with E-state index in [4.69, 9.17) is 19.9 Å². The number of phosphoric acid groups is 2. The number of hydrogen-bond donors (Lipinski definition) is 7. The molecule has 0 aliphatic carbocycles. The molecule has 6 atom stereocenters. The Morgan fingerprint density at radius 3 is 2.55 bits per heavy atom. The fourth-order valence-corrected chi connectivity index (χ4v) is 4.25. The topological polar surface area (TPSA) is 244 Å². The average Bonchev–Trinajstić information content (AvgIpc) is 3.06. The molecule has 1 radical (unpaired) electrons. The van der Waals surface area contributed by atoms with Gasteiger partial charge in [-0.25, -0.2) is 9.13 Å². The molecular weight excluding hydrogens is 451 g/mol. The zero-order valence-electron chi connectivity index (χ0n) is 14.6. The number of guanidine groups is 1. The van der Waals surface area contributed by atoms with Crippen LogP contribution in [0.3, 0.4) is 0 Å². The maximum absolute atomic E-state index is 11.8. The van der Waals surface area contributed by atoms with Gasteiger partial charge in [0.25, 0.3) is 5.91 Å². The number of fused-ring (bicyclic) bond motifs is 1. The van der Waals surface area contributed by atoms with Gasteiger partial charge in [0.2, 0.25) is 5.96 Å². The van der Waals surface area contributed by atoms with E-state index in [9.17, 15) is 29.0 Å². The van der Waals surface area contributed by atoms with Crippen molar-refractivity contribution in [3.05, 3.63) is 0 Å². The number of amides is 1. The number of aliphatic hydroxyl groups excluding tert-OH is 2. The number of nitrogens with one attached hydrogen (secondary N) is 2. The number of aliphatic hydroxyl groups is 2. The van der Waals surface area contributed by atoms with E-state index in [0.717, 1.165) is 11.2 Å². The van der Waals surface area contributed by atoms with Crippen LogP contribution in [-0.2, 0) is 27.5 Å². The molecule has 0 saturated carbocycles. The molecule has 1 amide bonds. The number of hydrogen-bond acceptors (Lipinski definition) is 11. The molecule has 3 aliphatic rings. The molecule has 157 valence electrons. The Bertz CT molecular complexity index is 848. The molecule has 0 spiro atoms. The van der Waals surface area contributed by atoms with Gasteiger partial charge >= 0.3 is 15.6 Å². The summed E-state index contributed by atoms with van der Waals surface area (Å²) in [6, 6.07) is -1.08. The Labute approximate surface area is 184 Å². The first-order valence-corrected chi connectivity index (χ1v) is 10.5. The second-order valence-electron chi connectivity index (χ2n) is 5.77. The molecule has 0 aromatic carbocycles. The average molecular weight is 466 g/mol. The molecular formula is C10H15N5NaO11P2. The van der Waals surface area contributed by atoms with Crippen LogP contribution in [0, 0.1) is 5.41 Å². The third-order valence-corrected chi connectivity index (χ3v) is 5.94. The van der Waals surface area contributed by atoms with Crippen molar-refractivity contribution in [3.8, 4) is 0 Å². The predicted molar refractivity (Wildman–Crippen MR) is 92.8 cm³/mol. The second kappa shape index (κ2) is 8.88. The van der Waals surface area contributed by atoms with Crippen LogP contribution < -0.4 is 5.32 Å². The van der Waals surface area contributed by atoms with Crippen molar-refractivity contribution in [2.45, 2.75) is 30.6 Å². The number of rotatable bonds is 6. The van der Waals surface area contributed by atoms with E-state index < -0.39 is 64.7 Å². The minimum absolute atomic E-state index is 0. The third-order valence-electron chi connectivity index (χ3n) is 3.79. The van der Waals surface area contributed by atoms with E-state index in [-0.39, 0.29) is 35.4 Å². The fraction of sp³-hybridized carbons (Fsp3) is 0.600. The molecule has 0 aromatic heterocycles. The summed E-state index contributed by atoms with van der Waals surface area (Å²) in [6.45, 7) is -0.875. The maximum Gasteiger partial charge on any atom is 0.481 e. The first kappa shape index (κ1) is 24.7. The van der Waals surface area contributed by atoms with Gasteiger partial charge in [-0.2, -0.15) is 9.30 Å². The van der Waals surface area contributed by atoms with E-state index in [0.29, 0.717) is 0 Å². The molecule has 1 saturated heterocycles. The summed E-state index contributed by atoms with van der Waals surface area (Å²) < 4.78 is 35.4. The smallest absolute Gasteiger partial charge is 0.387 e.